The van der Waals surface area contributed by atoms with Crippen molar-refractivity contribution >= 4 is 84.7 Å². The first kappa shape index (κ1) is 30.0. The Labute approximate surface area is 282 Å². The molecule has 0 aromatic heterocycles. The van der Waals surface area contributed by atoms with Gasteiger partial charge in [0.15, 0.2) is 0 Å². The second-order valence-corrected chi connectivity index (χ2v) is 15.1. The molecule has 4 amide bonds. The van der Waals surface area contributed by atoms with Crippen LogP contribution in [0.5, 0.6) is 5.75 Å². The zero-order valence-corrected chi connectivity index (χ0v) is 28.2. The zero-order valence-electron chi connectivity index (χ0n) is 23.5. The molecule has 4 saturated carbocycles. The van der Waals surface area contributed by atoms with E-state index in [0.29, 0.717) is 36.0 Å². The summed E-state index contributed by atoms with van der Waals surface area (Å²) in [5.74, 6) is 1.57. The number of hydrogen-bond acceptors (Lipinski definition) is 4. The predicted octanol–water partition coefficient (Wildman–Crippen LogP) is 9.23. The number of amides is 4. The summed E-state index contributed by atoms with van der Waals surface area (Å²) in [7, 11) is 0. The molecule has 3 aromatic rings. The van der Waals surface area contributed by atoms with Gasteiger partial charge in [-0.3, -0.25) is 14.9 Å². The molecule has 8 rings (SSSR count). The molecule has 6 nitrogen and oxygen atoms in total. The molecule has 44 heavy (non-hydrogen) atoms. The zero-order chi connectivity index (χ0) is 30.7. The third-order valence-electron chi connectivity index (χ3n) is 9.58. The molecule has 0 spiro atoms. The molecule has 1 heterocycles. The number of nitrogens with one attached hydrogen (secondary N) is 1. The van der Waals surface area contributed by atoms with Crippen LogP contribution in [-0.4, -0.2) is 17.8 Å². The number of carbonyl (C=O) groups is 3. The number of rotatable bonds is 6. The third kappa shape index (κ3) is 5.52. The fourth-order valence-corrected chi connectivity index (χ4v) is 9.84. The quantitative estimate of drug-likeness (QED) is 0.201. The van der Waals surface area contributed by atoms with Gasteiger partial charge in [0.05, 0.1) is 24.7 Å². The van der Waals surface area contributed by atoms with Crippen LogP contribution in [0.25, 0.3) is 6.08 Å². The van der Waals surface area contributed by atoms with Crippen LogP contribution in [0.3, 0.4) is 0 Å². The summed E-state index contributed by atoms with van der Waals surface area (Å²) >= 11 is 19.2. The van der Waals surface area contributed by atoms with Crippen LogP contribution < -0.4 is 15.0 Å². The maximum Gasteiger partial charge on any atom is 0.335 e. The van der Waals surface area contributed by atoms with Crippen LogP contribution in [0.1, 0.15) is 55.2 Å². The Morgan fingerprint density at radius 3 is 2.07 bits per heavy atom. The Bertz CT molecular complexity index is 1680. The van der Waals surface area contributed by atoms with Crippen molar-refractivity contribution in [3.05, 3.63) is 95.9 Å². The molecule has 0 atom stereocenters. The minimum atomic E-state index is -0.756. The molecule has 3 aromatic carbocycles. The Balaban J connectivity index is 1.11. The van der Waals surface area contributed by atoms with Gasteiger partial charge in [0.2, 0.25) is 0 Å². The molecule has 4 aliphatic carbocycles. The second-order valence-electron chi connectivity index (χ2n) is 12.6. The standard InChI is InChI=1S/C34H28Br2Cl2N2O4/c35-26-11-19(12-27(36)30(26)44-17-18-1-6-28(37)29(38)13-18)10-25-31(41)39-33(43)40(32(25)42)24-4-2-23(3-5-24)34-14-20-7-21(15-34)9-22(8-20)16-34/h1-6,10-13,20-22H,7-9,14-17H2,(H,39,41,43)/b25-10+. The van der Waals surface area contributed by atoms with E-state index in [1.165, 1.54) is 50.2 Å². The van der Waals surface area contributed by atoms with Crippen molar-refractivity contribution in [2.45, 2.75) is 50.5 Å². The fourth-order valence-electron chi connectivity index (χ4n) is 8.07. The van der Waals surface area contributed by atoms with Crippen molar-refractivity contribution in [2.75, 3.05) is 4.90 Å². The second kappa shape index (κ2) is 11.6. The summed E-state index contributed by atoms with van der Waals surface area (Å²) in [4.78, 5) is 40.4. The average molecular weight is 759 g/mol. The van der Waals surface area contributed by atoms with Gasteiger partial charge >= 0.3 is 6.03 Å². The highest BCUT2D eigenvalue weighted by Crippen LogP contribution is 2.60. The molecule has 5 fully saturated rings. The van der Waals surface area contributed by atoms with E-state index in [4.69, 9.17) is 27.9 Å². The molecule has 0 unspecified atom stereocenters. The van der Waals surface area contributed by atoms with Gasteiger partial charge in [-0.15, -0.1) is 0 Å². The number of anilines is 1. The van der Waals surface area contributed by atoms with Crippen LogP contribution in [-0.2, 0) is 21.6 Å². The summed E-state index contributed by atoms with van der Waals surface area (Å²) in [5.41, 5.74) is 3.21. The van der Waals surface area contributed by atoms with E-state index < -0.39 is 17.8 Å². The fraction of sp³-hybridized carbons (Fsp3) is 0.324. The van der Waals surface area contributed by atoms with Crippen LogP contribution in [0.2, 0.25) is 10.0 Å². The normalized spacial score (nSPS) is 26.8. The molecule has 1 aliphatic heterocycles. The van der Waals surface area contributed by atoms with Gasteiger partial charge < -0.3 is 4.74 Å². The van der Waals surface area contributed by atoms with Crippen LogP contribution in [0, 0.1) is 17.8 Å². The van der Waals surface area contributed by atoms with E-state index in [9.17, 15) is 14.4 Å². The molecule has 4 bridgehead atoms. The van der Waals surface area contributed by atoms with E-state index in [2.05, 4.69) is 49.3 Å². The van der Waals surface area contributed by atoms with Crippen LogP contribution >= 0.6 is 55.1 Å². The summed E-state index contributed by atoms with van der Waals surface area (Å²) < 4.78 is 7.21. The van der Waals surface area contributed by atoms with Gasteiger partial charge in [0.1, 0.15) is 17.9 Å². The highest BCUT2D eigenvalue weighted by molar-refractivity contribution is 9.11. The number of carbonyl (C=O) groups excluding carboxylic acids is 3. The van der Waals surface area contributed by atoms with E-state index in [0.717, 1.165) is 28.2 Å². The smallest absolute Gasteiger partial charge is 0.335 e. The van der Waals surface area contributed by atoms with Crippen molar-refractivity contribution in [3.8, 4) is 5.75 Å². The maximum atomic E-state index is 13.6. The van der Waals surface area contributed by atoms with Crippen molar-refractivity contribution < 1.29 is 19.1 Å². The van der Waals surface area contributed by atoms with Crippen LogP contribution in [0.4, 0.5) is 10.5 Å². The minimum absolute atomic E-state index is 0.141. The Morgan fingerprint density at radius 1 is 0.864 bits per heavy atom. The van der Waals surface area contributed by atoms with Crippen molar-refractivity contribution in [2.24, 2.45) is 17.8 Å². The highest BCUT2D eigenvalue weighted by Gasteiger charge is 2.51. The number of hydrogen-bond donors (Lipinski definition) is 1. The maximum absolute atomic E-state index is 13.6. The van der Waals surface area contributed by atoms with Gasteiger partial charge in [-0.2, -0.15) is 0 Å². The lowest BCUT2D eigenvalue weighted by molar-refractivity contribution is -0.122. The Kier molecular flexibility index (Phi) is 7.93. The van der Waals surface area contributed by atoms with Gasteiger partial charge in [0, 0.05) is 0 Å². The molecular weight excluding hydrogens is 731 g/mol. The number of ether oxygens (including phenoxy) is 1. The Morgan fingerprint density at radius 2 is 1.48 bits per heavy atom. The average Bonchev–Trinajstić information content (AvgIpc) is 2.96. The molecule has 1 saturated heterocycles. The number of benzene rings is 3. The molecule has 1 N–H and O–H groups in total. The van der Waals surface area contributed by atoms with E-state index in [-0.39, 0.29) is 17.6 Å². The molecule has 10 heteroatoms. The minimum Gasteiger partial charge on any atom is -0.487 e. The SMILES string of the molecule is O=C1NC(=O)N(c2ccc(C34CC5CC(CC(C5)C3)C4)cc2)C(=O)/C1=C/c1cc(Br)c(OCc2ccc(Cl)c(Cl)c2)c(Br)c1. The summed E-state index contributed by atoms with van der Waals surface area (Å²) in [6, 6.07) is 15.8. The highest BCUT2D eigenvalue weighted by atomic mass is 79.9. The lowest BCUT2D eigenvalue weighted by atomic mass is 9.48. The molecule has 226 valence electrons. The Hall–Kier alpha value is -2.65. The molecular formula is C34H28Br2Cl2N2O4. The van der Waals surface area contributed by atoms with Crippen molar-refractivity contribution in [1.29, 1.82) is 0 Å². The van der Waals surface area contributed by atoms with Crippen molar-refractivity contribution in [3.63, 3.8) is 0 Å². The summed E-state index contributed by atoms with van der Waals surface area (Å²) in [6.07, 6.45) is 9.26. The van der Waals surface area contributed by atoms with Crippen molar-refractivity contribution in [1.82, 2.24) is 5.32 Å². The van der Waals surface area contributed by atoms with E-state index >= 15 is 0 Å². The lowest BCUT2D eigenvalue weighted by Gasteiger charge is -2.57. The topological polar surface area (TPSA) is 75.7 Å². The first-order valence-corrected chi connectivity index (χ1v) is 17.0. The molecule has 0 radical (unpaired) electrons. The number of nitrogens with zero attached hydrogens (tertiary/aromatic N) is 1. The van der Waals surface area contributed by atoms with Gasteiger partial charge in [-0.05, 0) is 153 Å². The number of imide groups is 2. The summed E-state index contributed by atoms with van der Waals surface area (Å²) in [5, 5.41) is 3.23. The number of barbiturate groups is 1. The first-order valence-electron chi connectivity index (χ1n) is 14.7. The number of urea groups is 1. The van der Waals surface area contributed by atoms with Crippen LogP contribution in [0.15, 0.2) is 69.1 Å². The van der Waals surface area contributed by atoms with Gasteiger partial charge in [0.25, 0.3) is 11.8 Å². The third-order valence-corrected chi connectivity index (χ3v) is 11.5. The predicted molar refractivity (Wildman–Crippen MR) is 178 cm³/mol. The lowest BCUT2D eigenvalue weighted by Crippen LogP contribution is -2.54. The van der Waals surface area contributed by atoms with Gasteiger partial charge in [-0.25, -0.2) is 9.69 Å². The molecule has 5 aliphatic rings. The first-order chi connectivity index (χ1) is 21.1. The van der Waals surface area contributed by atoms with E-state index in [1.54, 1.807) is 24.3 Å². The van der Waals surface area contributed by atoms with E-state index in [1.807, 2.05) is 18.2 Å². The van der Waals surface area contributed by atoms with Gasteiger partial charge in [-0.1, -0.05) is 41.4 Å². The monoisotopic (exact) mass is 756 g/mol. The summed E-state index contributed by atoms with van der Waals surface area (Å²) in [6.45, 7) is 0.244. The number of halogens is 4. The largest absolute Gasteiger partial charge is 0.487 e.